The summed E-state index contributed by atoms with van der Waals surface area (Å²) < 4.78 is 11.9. The molecule has 0 bridgehead atoms. The van der Waals surface area contributed by atoms with Crippen molar-refractivity contribution >= 4 is 15.9 Å². The molecule has 1 aliphatic heterocycles. The van der Waals surface area contributed by atoms with E-state index in [1.54, 1.807) is 7.11 Å². The van der Waals surface area contributed by atoms with E-state index in [4.69, 9.17) is 9.47 Å². The number of halogens is 1. The summed E-state index contributed by atoms with van der Waals surface area (Å²) in [5.74, 6) is 0. The van der Waals surface area contributed by atoms with Gasteiger partial charge in [-0.3, -0.25) is 0 Å². The van der Waals surface area contributed by atoms with Gasteiger partial charge >= 0.3 is 0 Å². The normalized spacial score (nSPS) is 17.2. The Morgan fingerprint density at radius 1 is 1.21 bits per heavy atom. The SMILES string of the molecule is COCCCOCCC1(c2ccccc2Br)CNC1. The molecule has 1 saturated heterocycles. The molecule has 4 heteroatoms. The molecule has 19 heavy (non-hydrogen) atoms. The van der Waals surface area contributed by atoms with Crippen LogP contribution in [0.2, 0.25) is 0 Å². The van der Waals surface area contributed by atoms with Crippen LogP contribution in [-0.4, -0.2) is 40.0 Å². The number of hydrogen-bond donors (Lipinski definition) is 1. The topological polar surface area (TPSA) is 30.5 Å². The number of hydrogen-bond acceptors (Lipinski definition) is 3. The van der Waals surface area contributed by atoms with Crippen molar-refractivity contribution in [3.8, 4) is 0 Å². The van der Waals surface area contributed by atoms with Crippen LogP contribution in [0.5, 0.6) is 0 Å². The molecule has 0 saturated carbocycles. The van der Waals surface area contributed by atoms with Crippen LogP contribution in [0.15, 0.2) is 28.7 Å². The third-order valence-electron chi connectivity index (χ3n) is 3.73. The lowest BCUT2D eigenvalue weighted by atomic mass is 9.73. The summed E-state index contributed by atoms with van der Waals surface area (Å²) in [6.45, 7) is 4.45. The van der Waals surface area contributed by atoms with Crippen LogP contribution in [0.1, 0.15) is 18.4 Å². The highest BCUT2D eigenvalue weighted by molar-refractivity contribution is 9.10. The van der Waals surface area contributed by atoms with Crippen LogP contribution in [0.3, 0.4) is 0 Å². The molecule has 0 aliphatic carbocycles. The molecule has 2 rings (SSSR count). The molecule has 0 aromatic heterocycles. The zero-order valence-corrected chi connectivity index (χ0v) is 13.0. The quantitative estimate of drug-likeness (QED) is 0.745. The van der Waals surface area contributed by atoms with Crippen LogP contribution in [0, 0.1) is 0 Å². The summed E-state index contributed by atoms with van der Waals surface area (Å²) >= 11 is 3.66. The first kappa shape index (κ1) is 15.0. The Labute approximate surface area is 123 Å². The number of methoxy groups -OCH3 is 1. The van der Waals surface area contributed by atoms with Crippen molar-refractivity contribution in [3.63, 3.8) is 0 Å². The highest BCUT2D eigenvalue weighted by Gasteiger charge is 2.39. The van der Waals surface area contributed by atoms with Gasteiger partial charge in [-0.05, 0) is 24.5 Å². The van der Waals surface area contributed by atoms with Crippen molar-refractivity contribution in [2.75, 3.05) is 40.0 Å². The molecule has 0 radical (unpaired) electrons. The largest absolute Gasteiger partial charge is 0.385 e. The molecule has 0 atom stereocenters. The van der Waals surface area contributed by atoms with Crippen LogP contribution in [0.4, 0.5) is 0 Å². The van der Waals surface area contributed by atoms with Gasteiger partial charge in [0, 0.05) is 49.9 Å². The van der Waals surface area contributed by atoms with Crippen molar-refractivity contribution in [2.24, 2.45) is 0 Å². The molecule has 1 heterocycles. The number of ether oxygens (including phenoxy) is 2. The highest BCUT2D eigenvalue weighted by atomic mass is 79.9. The molecular formula is C15H22BrNO2. The Kier molecular flexibility index (Phi) is 5.82. The zero-order valence-electron chi connectivity index (χ0n) is 11.5. The molecule has 1 aromatic rings. The number of benzene rings is 1. The van der Waals surface area contributed by atoms with E-state index in [0.29, 0.717) is 0 Å². The maximum atomic E-state index is 5.71. The third kappa shape index (κ3) is 3.78. The zero-order chi connectivity index (χ0) is 13.6. The summed E-state index contributed by atoms with van der Waals surface area (Å²) in [7, 11) is 1.72. The van der Waals surface area contributed by atoms with Gasteiger partial charge in [0.25, 0.3) is 0 Å². The predicted molar refractivity (Wildman–Crippen MR) is 80.6 cm³/mol. The van der Waals surface area contributed by atoms with Gasteiger partial charge in [-0.1, -0.05) is 34.1 Å². The molecule has 1 aromatic carbocycles. The summed E-state index contributed by atoms with van der Waals surface area (Å²) in [6, 6.07) is 8.51. The van der Waals surface area contributed by atoms with Crippen molar-refractivity contribution < 1.29 is 9.47 Å². The van der Waals surface area contributed by atoms with Gasteiger partial charge < -0.3 is 14.8 Å². The lowest BCUT2D eigenvalue weighted by molar-refractivity contribution is 0.0804. The Balaban J connectivity index is 1.84. The molecular weight excluding hydrogens is 306 g/mol. The number of nitrogens with one attached hydrogen (secondary N) is 1. The van der Waals surface area contributed by atoms with E-state index in [1.807, 2.05) is 0 Å². The molecule has 0 unspecified atom stereocenters. The fraction of sp³-hybridized carbons (Fsp3) is 0.600. The second-order valence-electron chi connectivity index (χ2n) is 5.07. The Hall–Kier alpha value is -0.420. The van der Waals surface area contributed by atoms with Crippen LogP contribution in [-0.2, 0) is 14.9 Å². The van der Waals surface area contributed by atoms with E-state index in [1.165, 1.54) is 10.0 Å². The van der Waals surface area contributed by atoms with E-state index >= 15 is 0 Å². The lowest BCUT2D eigenvalue weighted by Gasteiger charge is -2.44. The smallest absolute Gasteiger partial charge is 0.0487 e. The maximum Gasteiger partial charge on any atom is 0.0487 e. The second-order valence-corrected chi connectivity index (χ2v) is 5.93. The minimum Gasteiger partial charge on any atom is -0.385 e. The standard InChI is InChI=1S/C15H22BrNO2/c1-18-8-4-9-19-10-7-15(11-17-12-15)13-5-2-3-6-14(13)16/h2-3,5-6,17H,4,7-12H2,1H3. The van der Waals surface area contributed by atoms with Gasteiger partial charge in [0.15, 0.2) is 0 Å². The van der Waals surface area contributed by atoms with Gasteiger partial charge in [0.2, 0.25) is 0 Å². The van der Waals surface area contributed by atoms with Crippen LogP contribution >= 0.6 is 15.9 Å². The highest BCUT2D eigenvalue weighted by Crippen LogP contribution is 2.36. The average Bonchev–Trinajstić information content (AvgIpc) is 2.37. The van der Waals surface area contributed by atoms with E-state index in [2.05, 4.69) is 45.5 Å². The van der Waals surface area contributed by atoms with E-state index in [9.17, 15) is 0 Å². The van der Waals surface area contributed by atoms with Gasteiger partial charge in [0.05, 0.1) is 0 Å². The summed E-state index contributed by atoms with van der Waals surface area (Å²) in [5.41, 5.74) is 1.63. The predicted octanol–water partition coefficient (Wildman–Crippen LogP) is 2.73. The van der Waals surface area contributed by atoms with Gasteiger partial charge in [0.1, 0.15) is 0 Å². The van der Waals surface area contributed by atoms with Crippen molar-refractivity contribution in [1.82, 2.24) is 5.32 Å². The fourth-order valence-corrected chi connectivity index (χ4v) is 3.20. The van der Waals surface area contributed by atoms with Crippen molar-refractivity contribution in [3.05, 3.63) is 34.3 Å². The summed E-state index contributed by atoms with van der Waals surface area (Å²) in [5, 5.41) is 3.39. The maximum absolute atomic E-state index is 5.71. The fourth-order valence-electron chi connectivity index (χ4n) is 2.49. The first-order valence-corrected chi connectivity index (χ1v) is 7.60. The first-order chi connectivity index (χ1) is 9.28. The molecule has 3 nitrogen and oxygen atoms in total. The first-order valence-electron chi connectivity index (χ1n) is 6.81. The minimum absolute atomic E-state index is 0.237. The molecule has 0 amide bonds. The van der Waals surface area contributed by atoms with Crippen LogP contribution < -0.4 is 5.32 Å². The molecule has 1 N–H and O–H groups in total. The lowest BCUT2D eigenvalue weighted by Crippen LogP contribution is -2.57. The van der Waals surface area contributed by atoms with Crippen molar-refractivity contribution in [1.29, 1.82) is 0 Å². The van der Waals surface area contributed by atoms with E-state index in [0.717, 1.165) is 45.8 Å². The Bertz CT molecular complexity index is 393. The Morgan fingerprint density at radius 3 is 2.63 bits per heavy atom. The monoisotopic (exact) mass is 327 g/mol. The number of rotatable bonds is 8. The molecule has 1 aliphatic rings. The second kappa shape index (κ2) is 7.39. The van der Waals surface area contributed by atoms with E-state index in [-0.39, 0.29) is 5.41 Å². The van der Waals surface area contributed by atoms with Gasteiger partial charge in [-0.15, -0.1) is 0 Å². The Morgan fingerprint density at radius 2 is 2.00 bits per heavy atom. The molecule has 106 valence electrons. The molecule has 1 fully saturated rings. The minimum atomic E-state index is 0.237. The van der Waals surface area contributed by atoms with Gasteiger partial charge in [-0.25, -0.2) is 0 Å². The van der Waals surface area contributed by atoms with Crippen LogP contribution in [0.25, 0.3) is 0 Å². The average molecular weight is 328 g/mol. The van der Waals surface area contributed by atoms with E-state index < -0.39 is 0 Å². The molecule has 0 spiro atoms. The third-order valence-corrected chi connectivity index (χ3v) is 4.43. The summed E-state index contributed by atoms with van der Waals surface area (Å²) in [6.07, 6.45) is 2.03. The van der Waals surface area contributed by atoms with Gasteiger partial charge in [-0.2, -0.15) is 0 Å². The van der Waals surface area contributed by atoms with Crippen molar-refractivity contribution in [2.45, 2.75) is 18.3 Å². The summed E-state index contributed by atoms with van der Waals surface area (Å²) in [4.78, 5) is 0.